The molecule has 0 atom stereocenters. The number of tetrazole rings is 1. The quantitative estimate of drug-likeness (QED) is 0.136. The zero-order chi connectivity index (χ0) is 33.1. The second-order valence-electron chi connectivity index (χ2n) is 11.3. The first kappa shape index (κ1) is 33.1. The van der Waals surface area contributed by atoms with Gasteiger partial charge in [0.15, 0.2) is 0 Å². The normalized spacial score (nSPS) is 11.5. The average molecular weight is 794 g/mol. The van der Waals surface area contributed by atoms with Gasteiger partial charge in [0, 0.05) is 62.7 Å². The molecule has 3 N–H and O–H groups in total. The van der Waals surface area contributed by atoms with Crippen LogP contribution in [0.25, 0.3) is 53.4 Å². The fourth-order valence-electron chi connectivity index (χ4n) is 5.03. The van der Waals surface area contributed by atoms with Crippen molar-refractivity contribution in [1.29, 1.82) is 5.26 Å². The summed E-state index contributed by atoms with van der Waals surface area (Å²) < 4.78 is 4.57. The predicted molar refractivity (Wildman–Crippen MR) is 202 cm³/mol. The fraction of sp³-hybridized carbons (Fsp3) is 0.250. The van der Waals surface area contributed by atoms with Gasteiger partial charge in [-0.2, -0.15) is 10.5 Å². The Kier molecular flexibility index (Phi) is 10.3. The lowest BCUT2D eigenvalue weighted by molar-refractivity contribution is 0.425. The van der Waals surface area contributed by atoms with Gasteiger partial charge >= 0.3 is 0 Å². The van der Waals surface area contributed by atoms with E-state index >= 15 is 0 Å². The summed E-state index contributed by atoms with van der Waals surface area (Å²) in [6.07, 6.45) is 0. The molecule has 0 saturated heterocycles. The summed E-state index contributed by atoms with van der Waals surface area (Å²) in [5, 5.41) is 34.6. The van der Waals surface area contributed by atoms with Crippen LogP contribution in [0.5, 0.6) is 0 Å². The molecule has 2 aromatic carbocycles. The van der Waals surface area contributed by atoms with Crippen molar-refractivity contribution in [2.45, 2.75) is 0 Å². The third-order valence-electron chi connectivity index (χ3n) is 7.30. The molecule has 0 amide bonds. The number of halogens is 2. The molecule has 7 aromatic rings. The molecule has 0 aliphatic rings. The number of anilines is 2. The molecule has 0 fully saturated rings. The van der Waals surface area contributed by atoms with E-state index in [1.165, 1.54) is 9.40 Å². The summed E-state index contributed by atoms with van der Waals surface area (Å²) >= 11 is 10.6. The highest BCUT2D eigenvalue weighted by Gasteiger charge is 2.14. The molecular weight excluding hydrogens is 762 g/mol. The van der Waals surface area contributed by atoms with E-state index in [1.54, 1.807) is 22.7 Å². The number of rotatable bonds is 9. The van der Waals surface area contributed by atoms with Crippen LogP contribution in [0.4, 0.5) is 11.6 Å². The molecule has 47 heavy (non-hydrogen) atoms. The van der Waals surface area contributed by atoms with Crippen LogP contribution in [0, 0.1) is 11.3 Å². The summed E-state index contributed by atoms with van der Waals surface area (Å²) in [5.41, 5.74) is 3.29. The number of hydrogen-bond acceptors (Lipinski definition) is 12. The van der Waals surface area contributed by atoms with Crippen molar-refractivity contribution in [3.05, 3.63) is 61.7 Å². The van der Waals surface area contributed by atoms with E-state index in [-0.39, 0.29) is 0 Å². The van der Waals surface area contributed by atoms with E-state index in [0.717, 1.165) is 83.5 Å². The summed E-state index contributed by atoms with van der Waals surface area (Å²) in [7, 11) is 8.21. The first-order valence-corrected chi connectivity index (χ1v) is 17.9. The van der Waals surface area contributed by atoms with Crippen LogP contribution in [0.15, 0.2) is 56.1 Å². The first-order chi connectivity index (χ1) is 22.7. The largest absolute Gasteiger partial charge is 0.368 e. The van der Waals surface area contributed by atoms with E-state index < -0.39 is 0 Å². The van der Waals surface area contributed by atoms with Crippen LogP contribution in [0.3, 0.4) is 0 Å². The van der Waals surface area contributed by atoms with Gasteiger partial charge in [-0.15, -0.1) is 32.9 Å². The number of nitriles is 1. The summed E-state index contributed by atoms with van der Waals surface area (Å²) in [6, 6.07) is 18.1. The third kappa shape index (κ3) is 7.53. The molecule has 5 heterocycles. The highest BCUT2D eigenvalue weighted by Crippen LogP contribution is 2.40. The predicted octanol–water partition coefficient (Wildman–Crippen LogP) is 7.42. The zero-order valence-electron chi connectivity index (χ0n) is 26.1. The Morgan fingerprint density at radius 3 is 1.83 bits per heavy atom. The molecule has 240 valence electrons. The van der Waals surface area contributed by atoms with Crippen molar-refractivity contribution >= 4 is 108 Å². The van der Waals surface area contributed by atoms with Crippen LogP contribution in [-0.4, -0.2) is 94.8 Å². The van der Waals surface area contributed by atoms with Crippen molar-refractivity contribution in [2.24, 2.45) is 0 Å². The minimum absolute atomic E-state index is 0.568. The molecule has 5 aromatic heterocycles. The Morgan fingerprint density at radius 2 is 1.32 bits per heavy atom. The van der Waals surface area contributed by atoms with Crippen molar-refractivity contribution in [1.82, 2.24) is 40.4 Å². The smallest absolute Gasteiger partial charge is 0.204 e. The third-order valence-corrected chi connectivity index (χ3v) is 10.6. The highest BCUT2D eigenvalue weighted by atomic mass is 79.9. The first-order valence-electron chi connectivity index (χ1n) is 14.7. The number of hydrogen-bond donors (Lipinski definition) is 3. The molecule has 0 spiro atoms. The Morgan fingerprint density at radius 1 is 0.766 bits per heavy atom. The molecule has 0 radical (unpaired) electrons. The van der Waals surface area contributed by atoms with Crippen LogP contribution in [0.2, 0.25) is 0 Å². The van der Waals surface area contributed by atoms with Crippen molar-refractivity contribution in [2.75, 3.05) is 65.0 Å². The average Bonchev–Trinajstić information content (AvgIpc) is 3.80. The van der Waals surface area contributed by atoms with Crippen molar-refractivity contribution in [3.63, 3.8) is 0 Å². The number of nitrogens with zero attached hydrogens (tertiary/aromatic N) is 8. The number of aromatic nitrogens is 6. The van der Waals surface area contributed by atoms with Gasteiger partial charge in [0.2, 0.25) is 5.82 Å². The van der Waals surface area contributed by atoms with Gasteiger partial charge in [-0.3, -0.25) is 0 Å². The number of aromatic amines is 1. The topological polar surface area (TPSA) is 135 Å². The number of likely N-dealkylation sites (N-methyl/N-ethyl adjacent to an activating group) is 2. The number of pyridine rings is 2. The summed E-state index contributed by atoms with van der Waals surface area (Å²) in [6.45, 7) is 3.53. The number of thiophene rings is 2. The second kappa shape index (κ2) is 14.5. The van der Waals surface area contributed by atoms with Crippen LogP contribution >= 0.6 is 54.5 Å². The molecular formula is C32H31Br2N11S2. The van der Waals surface area contributed by atoms with Crippen molar-refractivity contribution < 1.29 is 0 Å². The Bertz CT molecular complexity index is 2220. The van der Waals surface area contributed by atoms with Crippen LogP contribution in [-0.2, 0) is 0 Å². The van der Waals surface area contributed by atoms with Crippen LogP contribution in [0.1, 0.15) is 5.56 Å². The van der Waals surface area contributed by atoms with E-state index in [2.05, 4.69) is 111 Å². The van der Waals surface area contributed by atoms with Gasteiger partial charge < -0.3 is 20.4 Å². The highest BCUT2D eigenvalue weighted by molar-refractivity contribution is 9.11. The summed E-state index contributed by atoms with van der Waals surface area (Å²) in [5.74, 6) is 2.34. The standard InChI is InChI=1S/C16H16BrN7S.C16H15BrN4S/c1-24(2)6-5-18-16-11-8-13(17)25-14(11)10-4-3-9(7-12(10)19-16)15-20-22-23-21-15;1-21(2)6-5-19-16-12-8-14(17)22-15(12)11-4-3-10(9-18)7-13(11)20-16/h3-4,7-8H,5-6H2,1-2H3,(H,18,19)(H,20,21,22,23);3-4,7-8H,5-6H2,1-2H3,(H,19,20). The van der Waals surface area contributed by atoms with Gasteiger partial charge in [0.1, 0.15) is 11.6 Å². The lowest BCUT2D eigenvalue weighted by atomic mass is 10.1. The fourth-order valence-corrected chi connectivity index (χ4v) is 8.29. The molecule has 0 aliphatic heterocycles. The minimum atomic E-state index is 0.568. The second-order valence-corrected chi connectivity index (χ2v) is 16.1. The number of H-pyrrole nitrogens is 1. The maximum absolute atomic E-state index is 9.08. The van der Waals surface area contributed by atoms with Gasteiger partial charge in [0.05, 0.1) is 30.2 Å². The Balaban J connectivity index is 0.000000166. The van der Waals surface area contributed by atoms with E-state index in [1.807, 2.05) is 44.4 Å². The lowest BCUT2D eigenvalue weighted by Crippen LogP contribution is -2.21. The van der Waals surface area contributed by atoms with E-state index in [4.69, 9.17) is 15.2 Å². The molecule has 0 aliphatic carbocycles. The monoisotopic (exact) mass is 791 g/mol. The minimum Gasteiger partial charge on any atom is -0.368 e. The number of fused-ring (bicyclic) bond motifs is 6. The van der Waals surface area contributed by atoms with Gasteiger partial charge in [0.25, 0.3) is 0 Å². The van der Waals surface area contributed by atoms with Crippen molar-refractivity contribution in [3.8, 4) is 17.5 Å². The SMILES string of the molecule is CN(C)CCNc1nc2cc(-c3nn[nH]n3)ccc2c2sc(Br)cc12.CN(C)CCNc1nc2cc(C#N)ccc2c2sc(Br)cc12. The molecule has 15 heteroatoms. The molecule has 0 unspecified atom stereocenters. The maximum atomic E-state index is 9.08. The molecule has 7 rings (SSSR count). The van der Waals surface area contributed by atoms with E-state index in [9.17, 15) is 0 Å². The van der Waals surface area contributed by atoms with E-state index in [0.29, 0.717) is 11.4 Å². The number of benzene rings is 2. The maximum Gasteiger partial charge on any atom is 0.204 e. The Hall–Kier alpha value is -3.78. The summed E-state index contributed by atoms with van der Waals surface area (Å²) in [4.78, 5) is 13.9. The number of nitrogens with one attached hydrogen (secondary N) is 3. The van der Waals surface area contributed by atoms with Gasteiger partial charge in [-0.1, -0.05) is 18.2 Å². The van der Waals surface area contributed by atoms with Gasteiger partial charge in [-0.25, -0.2) is 9.97 Å². The molecule has 0 saturated carbocycles. The lowest BCUT2D eigenvalue weighted by Gasteiger charge is -2.12. The molecule has 11 nitrogen and oxygen atoms in total. The van der Waals surface area contributed by atoms with Crippen LogP contribution < -0.4 is 10.6 Å². The molecule has 0 bridgehead atoms. The van der Waals surface area contributed by atoms with Gasteiger partial charge in [-0.05, 0) is 95.6 Å². The Labute approximate surface area is 296 Å². The zero-order valence-corrected chi connectivity index (χ0v) is 30.9.